The Hall–Kier alpha value is -3.50. The molecule has 0 saturated carbocycles. The fourth-order valence-electron chi connectivity index (χ4n) is 4.68. The Morgan fingerprint density at radius 1 is 1.11 bits per heavy atom. The number of benzene rings is 2. The second-order valence-corrected chi connectivity index (χ2v) is 11.6. The number of nitrogens with one attached hydrogen (secondary N) is 1. The Kier molecular flexibility index (Phi) is 8.32. The highest BCUT2D eigenvalue weighted by Gasteiger charge is 2.29. The first-order valence-electron chi connectivity index (χ1n) is 12.6. The summed E-state index contributed by atoms with van der Waals surface area (Å²) in [7, 11) is -2.52. The third kappa shape index (κ3) is 6.14. The van der Waals surface area contributed by atoms with Crippen molar-refractivity contribution in [2.24, 2.45) is 5.92 Å². The maximum Gasteiger partial charge on any atom is 0.264 e. The molecule has 1 aromatic heterocycles. The van der Waals surface area contributed by atoms with Crippen LogP contribution < -0.4 is 9.46 Å². The van der Waals surface area contributed by atoms with Gasteiger partial charge in [-0.3, -0.25) is 4.79 Å². The number of hydrogen-bond donors (Lipinski definition) is 1. The van der Waals surface area contributed by atoms with Crippen LogP contribution in [0.5, 0.6) is 5.88 Å². The summed E-state index contributed by atoms with van der Waals surface area (Å²) >= 11 is 0. The van der Waals surface area contributed by atoms with Crippen LogP contribution in [-0.4, -0.2) is 62.1 Å². The summed E-state index contributed by atoms with van der Waals surface area (Å²) in [5.41, 5.74) is 3.66. The van der Waals surface area contributed by atoms with Gasteiger partial charge in [-0.05, 0) is 55.5 Å². The predicted molar refractivity (Wildman–Crippen MR) is 146 cm³/mol. The summed E-state index contributed by atoms with van der Waals surface area (Å²) < 4.78 is 40.6. The van der Waals surface area contributed by atoms with E-state index in [-0.39, 0.29) is 46.8 Å². The van der Waals surface area contributed by atoms with Gasteiger partial charge in [0.1, 0.15) is 6.61 Å². The number of sulfonamides is 1. The van der Waals surface area contributed by atoms with Crippen molar-refractivity contribution in [2.45, 2.75) is 45.1 Å². The summed E-state index contributed by atoms with van der Waals surface area (Å²) in [6, 6.07) is 13.3. The molecule has 0 fully saturated rings. The summed E-state index contributed by atoms with van der Waals surface area (Å²) in [6.07, 6.45) is 0.674. The molecule has 38 heavy (non-hydrogen) atoms. The molecule has 0 saturated heterocycles. The number of fused-ring (bicyclic) bond motifs is 4. The van der Waals surface area contributed by atoms with E-state index < -0.39 is 10.0 Å². The van der Waals surface area contributed by atoms with Crippen LogP contribution in [0.3, 0.4) is 0 Å². The average molecular weight is 539 g/mol. The third-order valence-electron chi connectivity index (χ3n) is 6.46. The highest BCUT2D eigenvalue weighted by atomic mass is 32.2. The van der Waals surface area contributed by atoms with E-state index in [9.17, 15) is 13.2 Å². The number of carbonyl (C=O) groups excluding carboxylic acids is 1. The molecule has 0 aliphatic carbocycles. The smallest absolute Gasteiger partial charge is 0.264 e. The van der Waals surface area contributed by atoms with Gasteiger partial charge in [0.2, 0.25) is 11.8 Å². The van der Waals surface area contributed by atoms with Gasteiger partial charge in [-0.1, -0.05) is 38.1 Å². The largest absolute Gasteiger partial charge is 0.475 e. The number of ether oxygens (including phenoxy) is 2. The van der Waals surface area contributed by atoms with Gasteiger partial charge in [0.25, 0.3) is 15.9 Å². The molecule has 2 aromatic carbocycles. The number of amides is 1. The van der Waals surface area contributed by atoms with Crippen LogP contribution >= 0.6 is 0 Å². The molecular formula is C28H34N4O5S. The molecular weight excluding hydrogens is 504 g/mol. The van der Waals surface area contributed by atoms with Crippen LogP contribution in [0.25, 0.3) is 11.3 Å². The Bertz CT molecular complexity index is 1400. The zero-order valence-electron chi connectivity index (χ0n) is 22.4. The van der Waals surface area contributed by atoms with Gasteiger partial charge < -0.3 is 14.4 Å². The van der Waals surface area contributed by atoms with Gasteiger partial charge in [0.15, 0.2) is 0 Å². The monoisotopic (exact) mass is 538 g/mol. The second kappa shape index (κ2) is 11.5. The normalized spacial score (nSPS) is 17.2. The van der Waals surface area contributed by atoms with Crippen LogP contribution in [0.4, 0.5) is 5.95 Å². The fraction of sp³-hybridized carbons (Fsp3) is 0.393. The van der Waals surface area contributed by atoms with Crippen molar-refractivity contribution in [3.8, 4) is 17.1 Å². The number of rotatable bonds is 6. The SMILES string of the molecule is COCCN1C(=O)c2cccc(c2)S(=O)(=O)Nc2nc(cc(-c3c(C)cccc3C)n2)OC[C@H]1CC(C)C. The Balaban J connectivity index is 1.89. The van der Waals surface area contributed by atoms with Crippen LogP contribution in [0.2, 0.25) is 0 Å². The molecule has 4 rings (SSSR count). The van der Waals surface area contributed by atoms with Gasteiger partial charge in [-0.15, -0.1) is 0 Å². The van der Waals surface area contributed by atoms with E-state index in [0.29, 0.717) is 25.3 Å². The van der Waals surface area contributed by atoms with Gasteiger partial charge in [0.05, 0.1) is 23.2 Å². The van der Waals surface area contributed by atoms with Crippen molar-refractivity contribution in [3.63, 3.8) is 0 Å². The molecule has 1 atom stereocenters. The van der Waals surface area contributed by atoms with E-state index in [4.69, 9.17) is 9.47 Å². The molecule has 10 heteroatoms. The van der Waals surface area contributed by atoms with Crippen molar-refractivity contribution < 1.29 is 22.7 Å². The number of methoxy groups -OCH3 is 1. The number of anilines is 1. The first-order chi connectivity index (χ1) is 18.1. The third-order valence-corrected chi connectivity index (χ3v) is 7.79. The molecule has 0 radical (unpaired) electrons. The lowest BCUT2D eigenvalue weighted by molar-refractivity contribution is 0.0488. The Labute approximate surface area is 224 Å². The maximum absolute atomic E-state index is 13.7. The van der Waals surface area contributed by atoms with E-state index in [0.717, 1.165) is 16.7 Å². The molecule has 0 spiro atoms. The molecule has 2 heterocycles. The van der Waals surface area contributed by atoms with Gasteiger partial charge in [-0.25, -0.2) is 18.1 Å². The summed E-state index contributed by atoms with van der Waals surface area (Å²) in [5, 5.41) is 0. The van der Waals surface area contributed by atoms with Crippen LogP contribution in [-0.2, 0) is 14.8 Å². The molecule has 3 aromatic rings. The van der Waals surface area contributed by atoms with E-state index in [1.807, 2.05) is 32.0 Å². The molecule has 1 N–H and O–H groups in total. The predicted octanol–water partition coefficient (Wildman–Crippen LogP) is 4.46. The number of aromatic nitrogens is 2. The Morgan fingerprint density at radius 2 is 1.82 bits per heavy atom. The second-order valence-electron chi connectivity index (χ2n) is 9.90. The highest BCUT2D eigenvalue weighted by molar-refractivity contribution is 7.92. The van der Waals surface area contributed by atoms with Crippen LogP contribution in [0.1, 0.15) is 41.8 Å². The lowest BCUT2D eigenvalue weighted by Crippen LogP contribution is -2.46. The Morgan fingerprint density at radius 3 is 2.50 bits per heavy atom. The molecule has 1 aliphatic heterocycles. The summed E-state index contributed by atoms with van der Waals surface area (Å²) in [6.45, 7) is 8.94. The molecule has 9 nitrogen and oxygen atoms in total. The topological polar surface area (TPSA) is 111 Å². The van der Waals surface area contributed by atoms with Crippen LogP contribution in [0, 0.1) is 19.8 Å². The van der Waals surface area contributed by atoms with Crippen molar-refractivity contribution in [1.29, 1.82) is 0 Å². The molecule has 202 valence electrons. The highest BCUT2D eigenvalue weighted by Crippen LogP contribution is 2.30. The number of hydrogen-bond acceptors (Lipinski definition) is 7. The van der Waals surface area contributed by atoms with E-state index >= 15 is 0 Å². The number of nitrogens with zero attached hydrogens (tertiary/aromatic N) is 3. The van der Waals surface area contributed by atoms with Crippen molar-refractivity contribution in [2.75, 3.05) is 31.6 Å². The van der Waals surface area contributed by atoms with Crippen molar-refractivity contribution in [1.82, 2.24) is 14.9 Å². The number of carbonyl (C=O) groups is 1. The van der Waals surface area contributed by atoms with E-state index in [2.05, 4.69) is 28.5 Å². The minimum Gasteiger partial charge on any atom is -0.475 e. The lowest BCUT2D eigenvalue weighted by Gasteiger charge is -2.33. The molecule has 0 unspecified atom stereocenters. The first kappa shape index (κ1) is 27.5. The van der Waals surface area contributed by atoms with Crippen molar-refractivity contribution >= 4 is 21.9 Å². The minimum absolute atomic E-state index is 0.0572. The zero-order valence-corrected chi connectivity index (χ0v) is 23.2. The van der Waals surface area contributed by atoms with Crippen LogP contribution in [0.15, 0.2) is 53.4 Å². The summed E-state index contributed by atoms with van der Waals surface area (Å²) in [5.74, 6) is 0.0974. The van der Waals surface area contributed by atoms with E-state index in [1.54, 1.807) is 30.2 Å². The first-order valence-corrected chi connectivity index (χ1v) is 14.1. The maximum atomic E-state index is 13.7. The number of aryl methyl sites for hydroxylation is 2. The summed E-state index contributed by atoms with van der Waals surface area (Å²) in [4.78, 5) is 24.3. The quantitative estimate of drug-likeness (QED) is 0.493. The zero-order chi connectivity index (χ0) is 27.4. The standard InChI is InChI=1S/C28H34N4O5S/c1-18(2)14-22-17-37-25-16-24(26-19(3)8-6-9-20(26)4)29-28(30-25)31-38(34,35)23-11-7-10-21(15-23)27(33)32(22)12-13-36-5/h6-11,15-16,18,22H,12-14,17H2,1-5H3,(H,29,30,31)/t22-/m1/s1. The van der Waals surface area contributed by atoms with Gasteiger partial charge >= 0.3 is 0 Å². The fourth-order valence-corrected chi connectivity index (χ4v) is 5.67. The van der Waals surface area contributed by atoms with Gasteiger partial charge in [-0.2, -0.15) is 4.98 Å². The van der Waals surface area contributed by atoms with E-state index in [1.165, 1.54) is 12.1 Å². The lowest BCUT2D eigenvalue weighted by atomic mass is 10.00. The van der Waals surface area contributed by atoms with Crippen molar-refractivity contribution in [3.05, 3.63) is 65.2 Å². The van der Waals surface area contributed by atoms with Gasteiger partial charge in [0, 0.05) is 30.8 Å². The average Bonchev–Trinajstić information content (AvgIpc) is 2.86. The minimum atomic E-state index is -4.09. The molecule has 4 bridgehead atoms. The molecule has 1 aliphatic rings. The molecule has 1 amide bonds.